The summed E-state index contributed by atoms with van der Waals surface area (Å²) in [6.45, 7) is 16.6. The first kappa shape index (κ1) is 18.2. The molecule has 1 fully saturated rings. The Kier molecular flexibility index (Phi) is 5.32. The molecule has 2 N–H and O–H groups in total. The van der Waals surface area contributed by atoms with Gasteiger partial charge in [0.25, 0.3) is 0 Å². The number of nitrogens with one attached hydrogen (secondary N) is 2. The van der Waals surface area contributed by atoms with Crippen LogP contribution in [-0.2, 0) is 9.47 Å². The third kappa shape index (κ3) is 6.22. The molecule has 0 aliphatic carbocycles. The summed E-state index contributed by atoms with van der Waals surface area (Å²) in [7, 11) is 0. The van der Waals surface area contributed by atoms with Gasteiger partial charge in [-0.3, -0.25) is 0 Å². The minimum atomic E-state index is -0.466. The molecule has 5 nitrogen and oxygen atoms in total. The van der Waals surface area contributed by atoms with E-state index < -0.39 is 5.60 Å². The lowest BCUT2D eigenvalue weighted by molar-refractivity contribution is -0.0703. The molecule has 0 aromatic heterocycles. The monoisotopic (exact) mass is 300 g/mol. The van der Waals surface area contributed by atoms with Crippen LogP contribution in [0.15, 0.2) is 0 Å². The van der Waals surface area contributed by atoms with Gasteiger partial charge in [-0.1, -0.05) is 0 Å². The zero-order valence-electron chi connectivity index (χ0n) is 14.8. The van der Waals surface area contributed by atoms with Gasteiger partial charge in [0.05, 0.1) is 11.2 Å². The highest BCUT2D eigenvalue weighted by Gasteiger charge is 2.45. The second-order valence-electron chi connectivity index (χ2n) is 8.17. The van der Waals surface area contributed by atoms with Gasteiger partial charge in [0.15, 0.2) is 0 Å². The molecule has 0 radical (unpaired) electrons. The van der Waals surface area contributed by atoms with Crippen molar-refractivity contribution in [2.75, 3.05) is 6.54 Å². The molecule has 0 aromatic carbocycles. The zero-order chi connectivity index (χ0) is 16.5. The Hall–Kier alpha value is -0.810. The smallest absolute Gasteiger partial charge is 0.407 e. The number of carbonyl (C=O) groups excluding carboxylic acids is 1. The van der Waals surface area contributed by atoms with Crippen LogP contribution in [0.2, 0.25) is 0 Å². The second-order valence-corrected chi connectivity index (χ2v) is 8.17. The molecule has 0 spiro atoms. The van der Waals surface area contributed by atoms with Gasteiger partial charge >= 0.3 is 6.09 Å². The molecule has 1 amide bonds. The van der Waals surface area contributed by atoms with E-state index in [1.807, 2.05) is 20.8 Å². The number of ether oxygens (including phenoxy) is 2. The van der Waals surface area contributed by atoms with Crippen molar-refractivity contribution in [1.29, 1.82) is 0 Å². The first-order valence-electron chi connectivity index (χ1n) is 7.74. The molecule has 1 rings (SSSR count). The average Bonchev–Trinajstić information content (AvgIpc) is 2.41. The molecular weight excluding hydrogens is 268 g/mol. The molecule has 21 heavy (non-hydrogen) atoms. The molecule has 1 aliphatic heterocycles. The van der Waals surface area contributed by atoms with Gasteiger partial charge in [0, 0.05) is 18.6 Å². The van der Waals surface area contributed by atoms with Crippen molar-refractivity contribution in [1.82, 2.24) is 10.6 Å². The van der Waals surface area contributed by atoms with Gasteiger partial charge in [-0.25, -0.2) is 4.79 Å². The van der Waals surface area contributed by atoms with Crippen LogP contribution >= 0.6 is 0 Å². The van der Waals surface area contributed by atoms with E-state index in [2.05, 4.69) is 45.3 Å². The SMILES string of the molecule is CC(CNC(=O)OC(C)(C)C)NC1CC(C)(C)OC1(C)C. The first-order chi connectivity index (χ1) is 9.31. The Morgan fingerprint density at radius 1 is 1.33 bits per heavy atom. The molecule has 5 heteroatoms. The van der Waals surface area contributed by atoms with Crippen molar-refractivity contribution >= 4 is 6.09 Å². The van der Waals surface area contributed by atoms with Crippen molar-refractivity contribution < 1.29 is 14.3 Å². The summed E-state index contributed by atoms with van der Waals surface area (Å²) >= 11 is 0. The van der Waals surface area contributed by atoms with Gasteiger partial charge in [-0.05, 0) is 61.8 Å². The number of carbonyl (C=O) groups is 1. The van der Waals surface area contributed by atoms with Crippen LogP contribution in [0.1, 0.15) is 61.8 Å². The summed E-state index contributed by atoms with van der Waals surface area (Å²) in [6, 6.07) is 0.419. The van der Waals surface area contributed by atoms with Crippen LogP contribution in [0.3, 0.4) is 0 Å². The van der Waals surface area contributed by atoms with E-state index in [1.165, 1.54) is 0 Å². The number of hydrogen-bond donors (Lipinski definition) is 2. The number of hydrogen-bond acceptors (Lipinski definition) is 4. The summed E-state index contributed by atoms with van der Waals surface area (Å²) in [6.07, 6.45) is 0.579. The normalized spacial score (nSPS) is 25.4. The summed E-state index contributed by atoms with van der Waals surface area (Å²) in [5, 5.41) is 6.34. The fraction of sp³-hybridized carbons (Fsp3) is 0.938. The summed E-state index contributed by atoms with van der Waals surface area (Å²) in [4.78, 5) is 11.6. The topological polar surface area (TPSA) is 59.6 Å². The van der Waals surface area contributed by atoms with Crippen molar-refractivity contribution in [3.8, 4) is 0 Å². The molecule has 0 saturated carbocycles. The van der Waals surface area contributed by atoms with Crippen LogP contribution < -0.4 is 10.6 Å². The van der Waals surface area contributed by atoms with Crippen LogP contribution in [0.4, 0.5) is 4.79 Å². The van der Waals surface area contributed by atoms with Crippen molar-refractivity contribution in [3.63, 3.8) is 0 Å². The Balaban J connectivity index is 2.41. The molecule has 2 atom stereocenters. The van der Waals surface area contributed by atoms with E-state index in [1.54, 1.807) is 0 Å². The minimum absolute atomic E-state index is 0.112. The van der Waals surface area contributed by atoms with Gasteiger partial charge in [0.2, 0.25) is 0 Å². The van der Waals surface area contributed by atoms with E-state index >= 15 is 0 Å². The van der Waals surface area contributed by atoms with Crippen LogP contribution in [0.5, 0.6) is 0 Å². The lowest BCUT2D eigenvalue weighted by Gasteiger charge is -2.30. The molecule has 124 valence electrons. The highest BCUT2D eigenvalue weighted by molar-refractivity contribution is 5.67. The lowest BCUT2D eigenvalue weighted by atomic mass is 9.94. The third-order valence-electron chi connectivity index (χ3n) is 3.51. The van der Waals surface area contributed by atoms with Crippen molar-refractivity contribution in [2.24, 2.45) is 0 Å². The van der Waals surface area contributed by atoms with Gasteiger partial charge in [0.1, 0.15) is 5.60 Å². The molecule has 1 heterocycles. The highest BCUT2D eigenvalue weighted by atomic mass is 16.6. The number of rotatable bonds is 4. The van der Waals surface area contributed by atoms with E-state index in [0.29, 0.717) is 6.54 Å². The fourth-order valence-electron chi connectivity index (χ4n) is 2.77. The summed E-state index contributed by atoms with van der Waals surface area (Å²) < 4.78 is 11.3. The maximum Gasteiger partial charge on any atom is 0.407 e. The summed E-state index contributed by atoms with van der Waals surface area (Å²) in [5.74, 6) is 0. The highest BCUT2D eigenvalue weighted by Crippen LogP contribution is 2.37. The molecular formula is C16H32N2O3. The minimum Gasteiger partial charge on any atom is -0.444 e. The van der Waals surface area contributed by atoms with Crippen LogP contribution in [0, 0.1) is 0 Å². The van der Waals surface area contributed by atoms with Crippen LogP contribution in [0.25, 0.3) is 0 Å². The maximum absolute atomic E-state index is 11.6. The van der Waals surface area contributed by atoms with Crippen molar-refractivity contribution in [3.05, 3.63) is 0 Å². The number of amides is 1. The summed E-state index contributed by atoms with van der Waals surface area (Å²) in [5.41, 5.74) is -0.783. The zero-order valence-corrected chi connectivity index (χ0v) is 14.8. The third-order valence-corrected chi connectivity index (χ3v) is 3.51. The Bertz CT molecular complexity index is 372. The predicted octanol–water partition coefficient (Wildman–Crippen LogP) is 2.84. The molecule has 1 aliphatic rings. The average molecular weight is 300 g/mol. The largest absolute Gasteiger partial charge is 0.444 e. The van der Waals surface area contributed by atoms with Gasteiger partial charge in [-0.15, -0.1) is 0 Å². The molecule has 1 saturated heterocycles. The second kappa shape index (κ2) is 6.13. The fourth-order valence-corrected chi connectivity index (χ4v) is 2.77. The molecule has 0 aromatic rings. The maximum atomic E-state index is 11.6. The Labute approximate surface area is 129 Å². The molecule has 0 bridgehead atoms. The standard InChI is InChI=1S/C16H32N2O3/c1-11(10-17-13(19)20-14(2,3)4)18-12-9-15(5,6)21-16(12,7)8/h11-12,18H,9-10H2,1-8H3,(H,17,19). The Morgan fingerprint density at radius 2 is 1.90 bits per heavy atom. The van der Waals surface area contributed by atoms with E-state index in [9.17, 15) is 4.79 Å². The van der Waals surface area contributed by atoms with E-state index in [-0.39, 0.29) is 29.4 Å². The van der Waals surface area contributed by atoms with E-state index in [0.717, 1.165) is 6.42 Å². The van der Waals surface area contributed by atoms with Gasteiger partial charge in [-0.2, -0.15) is 0 Å². The van der Waals surface area contributed by atoms with Gasteiger partial charge < -0.3 is 20.1 Å². The predicted molar refractivity (Wildman–Crippen MR) is 84.5 cm³/mol. The quantitative estimate of drug-likeness (QED) is 0.838. The van der Waals surface area contributed by atoms with E-state index in [4.69, 9.17) is 9.47 Å². The first-order valence-corrected chi connectivity index (χ1v) is 7.74. The van der Waals surface area contributed by atoms with Crippen molar-refractivity contribution in [2.45, 2.75) is 90.7 Å². The Morgan fingerprint density at radius 3 is 2.33 bits per heavy atom. The lowest BCUT2D eigenvalue weighted by Crippen LogP contribution is -2.50. The molecule has 2 unspecified atom stereocenters. The number of alkyl carbamates (subject to hydrolysis) is 1. The van der Waals surface area contributed by atoms with Crippen LogP contribution in [-0.4, -0.2) is 41.5 Å².